The molecule has 0 radical (unpaired) electrons. The minimum absolute atomic E-state index is 0.517. The van der Waals surface area contributed by atoms with Gasteiger partial charge >= 0.3 is 0 Å². The minimum atomic E-state index is 0.517. The van der Waals surface area contributed by atoms with Gasteiger partial charge in [0.25, 0.3) is 0 Å². The van der Waals surface area contributed by atoms with Crippen LogP contribution in [0, 0.1) is 6.92 Å². The number of rotatable bonds is 4. The van der Waals surface area contributed by atoms with Crippen molar-refractivity contribution in [2.45, 2.75) is 46.5 Å². The lowest BCUT2D eigenvalue weighted by Gasteiger charge is -2.17. The second-order valence-corrected chi connectivity index (χ2v) is 7.57. The van der Waals surface area contributed by atoms with Crippen LogP contribution in [-0.4, -0.2) is 0 Å². The standard InChI is InChI=1S/C25H28/c1-17(2)22-10-6-8-12-24(22)20-14-19(5)15-21(16-20)25-13-9-7-11-23(25)18(3)4/h6-18H,1-5H3. The molecule has 0 aromatic heterocycles. The Balaban J connectivity index is 2.19. The van der Waals surface area contributed by atoms with Gasteiger partial charge in [0.05, 0.1) is 0 Å². The smallest absolute Gasteiger partial charge is 0.0149 e. The molecule has 3 aromatic rings. The van der Waals surface area contributed by atoms with Crippen LogP contribution in [0.5, 0.6) is 0 Å². The first-order valence-corrected chi connectivity index (χ1v) is 9.27. The number of hydrogen-bond acceptors (Lipinski definition) is 0. The number of hydrogen-bond donors (Lipinski definition) is 0. The van der Waals surface area contributed by atoms with E-state index in [1.165, 1.54) is 38.9 Å². The summed E-state index contributed by atoms with van der Waals surface area (Å²) in [6.07, 6.45) is 0. The van der Waals surface area contributed by atoms with Crippen LogP contribution in [0.4, 0.5) is 0 Å². The summed E-state index contributed by atoms with van der Waals surface area (Å²) >= 11 is 0. The average Bonchev–Trinajstić information content (AvgIpc) is 2.61. The second kappa shape index (κ2) is 7.27. The number of aryl methyl sites for hydroxylation is 1. The van der Waals surface area contributed by atoms with Crippen LogP contribution in [0.2, 0.25) is 0 Å². The molecule has 0 aliphatic heterocycles. The van der Waals surface area contributed by atoms with Gasteiger partial charge in [-0.25, -0.2) is 0 Å². The summed E-state index contributed by atoms with van der Waals surface area (Å²) in [5.74, 6) is 1.03. The summed E-state index contributed by atoms with van der Waals surface area (Å²) in [6, 6.07) is 24.6. The molecule has 128 valence electrons. The molecule has 0 atom stereocenters. The largest absolute Gasteiger partial charge is 0.0619 e. The Morgan fingerprint density at radius 2 is 0.960 bits per heavy atom. The van der Waals surface area contributed by atoms with Gasteiger partial charge in [-0.05, 0) is 63.8 Å². The van der Waals surface area contributed by atoms with E-state index < -0.39 is 0 Å². The van der Waals surface area contributed by atoms with Gasteiger partial charge in [0.1, 0.15) is 0 Å². The summed E-state index contributed by atoms with van der Waals surface area (Å²) in [7, 11) is 0. The molecule has 0 aliphatic rings. The lowest BCUT2D eigenvalue weighted by molar-refractivity contribution is 0.868. The molecule has 0 unspecified atom stereocenters. The van der Waals surface area contributed by atoms with Crippen LogP contribution in [0.25, 0.3) is 22.3 Å². The maximum Gasteiger partial charge on any atom is -0.0149 e. The zero-order valence-corrected chi connectivity index (χ0v) is 16.0. The van der Waals surface area contributed by atoms with Crippen LogP contribution in [-0.2, 0) is 0 Å². The van der Waals surface area contributed by atoms with Crippen molar-refractivity contribution in [1.82, 2.24) is 0 Å². The Hall–Kier alpha value is -2.34. The van der Waals surface area contributed by atoms with Gasteiger partial charge in [-0.1, -0.05) is 88.4 Å². The quantitative estimate of drug-likeness (QED) is 0.463. The van der Waals surface area contributed by atoms with Crippen molar-refractivity contribution in [2.75, 3.05) is 0 Å². The monoisotopic (exact) mass is 328 g/mol. The predicted molar refractivity (Wildman–Crippen MR) is 110 cm³/mol. The topological polar surface area (TPSA) is 0 Å². The fourth-order valence-corrected chi connectivity index (χ4v) is 3.62. The molecular formula is C25H28. The molecule has 0 bridgehead atoms. The van der Waals surface area contributed by atoms with Crippen molar-refractivity contribution in [1.29, 1.82) is 0 Å². The molecule has 0 spiro atoms. The summed E-state index contributed by atoms with van der Waals surface area (Å²) < 4.78 is 0. The predicted octanol–water partition coefficient (Wildman–Crippen LogP) is 7.58. The van der Waals surface area contributed by atoms with Gasteiger partial charge in [0.15, 0.2) is 0 Å². The summed E-state index contributed by atoms with van der Waals surface area (Å²) in [6.45, 7) is 11.3. The maximum absolute atomic E-state index is 2.36. The third kappa shape index (κ3) is 3.69. The van der Waals surface area contributed by atoms with E-state index in [1.54, 1.807) is 0 Å². The molecule has 0 aliphatic carbocycles. The van der Waals surface area contributed by atoms with Crippen molar-refractivity contribution >= 4 is 0 Å². The first-order chi connectivity index (χ1) is 12.0. The van der Waals surface area contributed by atoms with Gasteiger partial charge in [-0.15, -0.1) is 0 Å². The van der Waals surface area contributed by atoms with E-state index in [0.29, 0.717) is 11.8 Å². The fourth-order valence-electron chi connectivity index (χ4n) is 3.62. The first-order valence-electron chi connectivity index (χ1n) is 9.27. The van der Waals surface area contributed by atoms with Crippen molar-refractivity contribution in [3.63, 3.8) is 0 Å². The normalized spacial score (nSPS) is 11.3. The van der Waals surface area contributed by atoms with Crippen LogP contribution >= 0.6 is 0 Å². The van der Waals surface area contributed by atoms with Gasteiger partial charge in [-0.2, -0.15) is 0 Å². The van der Waals surface area contributed by atoms with Crippen molar-refractivity contribution in [3.05, 3.63) is 83.4 Å². The van der Waals surface area contributed by atoms with Crippen LogP contribution < -0.4 is 0 Å². The van der Waals surface area contributed by atoms with Crippen LogP contribution in [0.3, 0.4) is 0 Å². The molecule has 25 heavy (non-hydrogen) atoms. The molecule has 0 heteroatoms. The highest BCUT2D eigenvalue weighted by molar-refractivity contribution is 5.77. The molecule has 0 amide bonds. The SMILES string of the molecule is Cc1cc(-c2ccccc2C(C)C)cc(-c2ccccc2C(C)C)c1. The van der Waals surface area contributed by atoms with E-state index in [1.807, 2.05) is 0 Å². The van der Waals surface area contributed by atoms with Crippen molar-refractivity contribution < 1.29 is 0 Å². The molecule has 0 saturated carbocycles. The highest BCUT2D eigenvalue weighted by Gasteiger charge is 2.12. The Morgan fingerprint density at radius 1 is 0.560 bits per heavy atom. The summed E-state index contributed by atoms with van der Waals surface area (Å²) in [5, 5.41) is 0. The van der Waals surface area contributed by atoms with E-state index in [4.69, 9.17) is 0 Å². The van der Waals surface area contributed by atoms with Crippen LogP contribution in [0.15, 0.2) is 66.7 Å². The summed E-state index contributed by atoms with van der Waals surface area (Å²) in [4.78, 5) is 0. The molecule has 3 rings (SSSR count). The van der Waals surface area contributed by atoms with Gasteiger partial charge in [-0.3, -0.25) is 0 Å². The zero-order valence-electron chi connectivity index (χ0n) is 16.0. The molecular weight excluding hydrogens is 300 g/mol. The van der Waals surface area contributed by atoms with Gasteiger partial charge in [0.2, 0.25) is 0 Å². The van der Waals surface area contributed by atoms with Gasteiger partial charge < -0.3 is 0 Å². The maximum atomic E-state index is 2.36. The summed E-state index contributed by atoms with van der Waals surface area (Å²) in [5.41, 5.74) is 9.47. The third-order valence-electron chi connectivity index (χ3n) is 4.86. The molecule has 0 fully saturated rings. The molecule has 0 heterocycles. The Labute approximate surface area is 152 Å². The molecule has 0 N–H and O–H groups in total. The minimum Gasteiger partial charge on any atom is -0.0619 e. The molecule has 0 nitrogen and oxygen atoms in total. The average molecular weight is 328 g/mol. The number of benzene rings is 3. The second-order valence-electron chi connectivity index (χ2n) is 7.57. The van der Waals surface area contributed by atoms with E-state index >= 15 is 0 Å². The highest BCUT2D eigenvalue weighted by atomic mass is 14.2. The van der Waals surface area contributed by atoms with E-state index in [9.17, 15) is 0 Å². The lowest BCUT2D eigenvalue weighted by atomic mass is 9.88. The molecule has 0 saturated heterocycles. The zero-order chi connectivity index (χ0) is 18.0. The fraction of sp³-hybridized carbons (Fsp3) is 0.280. The van der Waals surface area contributed by atoms with Gasteiger partial charge in [0, 0.05) is 0 Å². The Morgan fingerprint density at radius 3 is 1.36 bits per heavy atom. The van der Waals surface area contributed by atoms with E-state index in [-0.39, 0.29) is 0 Å². The lowest BCUT2D eigenvalue weighted by Crippen LogP contribution is -1.95. The van der Waals surface area contributed by atoms with Crippen molar-refractivity contribution in [3.8, 4) is 22.3 Å². The highest BCUT2D eigenvalue weighted by Crippen LogP contribution is 2.35. The third-order valence-corrected chi connectivity index (χ3v) is 4.86. The molecule has 3 aromatic carbocycles. The van der Waals surface area contributed by atoms with Crippen molar-refractivity contribution in [2.24, 2.45) is 0 Å². The first kappa shape index (κ1) is 17.5. The Kier molecular flexibility index (Phi) is 5.08. The van der Waals surface area contributed by atoms with E-state index in [2.05, 4.69) is 101 Å². The van der Waals surface area contributed by atoms with Crippen LogP contribution in [0.1, 0.15) is 56.2 Å². The van der Waals surface area contributed by atoms with E-state index in [0.717, 1.165) is 0 Å². The Bertz CT molecular complexity index is 799.